The zero-order valence-corrected chi connectivity index (χ0v) is 9.79. The van der Waals surface area contributed by atoms with Gasteiger partial charge in [0.15, 0.2) is 0 Å². The topological polar surface area (TPSA) is 32.3 Å². The minimum atomic E-state index is -0.0625. The van der Waals surface area contributed by atoms with Crippen molar-refractivity contribution in [3.8, 4) is 0 Å². The Hall–Kier alpha value is -0.0800. The highest BCUT2D eigenvalue weighted by molar-refractivity contribution is 4.79. The van der Waals surface area contributed by atoms with Crippen LogP contribution in [0.15, 0.2) is 0 Å². The van der Waals surface area contributed by atoms with E-state index in [1.165, 1.54) is 19.3 Å². The summed E-state index contributed by atoms with van der Waals surface area (Å²) in [7, 11) is 0. The third-order valence-electron chi connectivity index (χ3n) is 2.99. The van der Waals surface area contributed by atoms with Gasteiger partial charge in [0, 0.05) is 12.1 Å². The Bertz CT molecular complexity index is 158. The molecule has 1 rings (SSSR count). The van der Waals surface area contributed by atoms with E-state index < -0.39 is 0 Å². The van der Waals surface area contributed by atoms with Crippen LogP contribution in [0.5, 0.6) is 0 Å². The quantitative estimate of drug-likeness (QED) is 0.728. The molecule has 1 fully saturated rings. The van der Waals surface area contributed by atoms with Crippen LogP contribution in [0.2, 0.25) is 0 Å². The highest BCUT2D eigenvalue weighted by atomic mass is 16.3. The number of hydrogen-bond acceptors (Lipinski definition) is 2. The van der Waals surface area contributed by atoms with Crippen LogP contribution in [-0.4, -0.2) is 23.3 Å². The fraction of sp³-hybridized carbons (Fsp3) is 1.00. The summed E-state index contributed by atoms with van der Waals surface area (Å²) in [6, 6.07) is 1.14. The first kappa shape index (κ1) is 12.0. The first-order chi connectivity index (χ1) is 6.58. The van der Waals surface area contributed by atoms with Crippen LogP contribution in [0.3, 0.4) is 0 Å². The predicted molar refractivity (Wildman–Crippen MR) is 60.3 cm³/mol. The Morgan fingerprint density at radius 1 is 1.29 bits per heavy atom. The third kappa shape index (κ3) is 4.43. The molecule has 1 saturated carbocycles. The number of aliphatic hydroxyl groups is 1. The second kappa shape index (κ2) is 5.72. The van der Waals surface area contributed by atoms with Gasteiger partial charge in [-0.1, -0.05) is 13.8 Å². The van der Waals surface area contributed by atoms with Crippen LogP contribution in [-0.2, 0) is 0 Å². The Kier molecular flexibility index (Phi) is 4.90. The van der Waals surface area contributed by atoms with Gasteiger partial charge < -0.3 is 10.4 Å². The molecule has 0 heterocycles. The fourth-order valence-corrected chi connectivity index (χ4v) is 2.49. The van der Waals surface area contributed by atoms with E-state index in [2.05, 4.69) is 26.1 Å². The van der Waals surface area contributed by atoms with Gasteiger partial charge in [-0.15, -0.1) is 0 Å². The van der Waals surface area contributed by atoms with Crippen molar-refractivity contribution in [2.75, 3.05) is 0 Å². The standard InChI is InChI=1S/C12H25NO/c1-9(2)7-10(3)13-11-5-4-6-12(14)8-11/h9-14H,4-8H2,1-3H3. The lowest BCUT2D eigenvalue weighted by Gasteiger charge is -2.30. The van der Waals surface area contributed by atoms with Crippen LogP contribution >= 0.6 is 0 Å². The molecule has 0 aromatic heterocycles. The number of rotatable bonds is 4. The lowest BCUT2D eigenvalue weighted by molar-refractivity contribution is 0.108. The average Bonchev–Trinajstić information content (AvgIpc) is 2.01. The van der Waals surface area contributed by atoms with Gasteiger partial charge in [-0.3, -0.25) is 0 Å². The summed E-state index contributed by atoms with van der Waals surface area (Å²) in [4.78, 5) is 0. The summed E-state index contributed by atoms with van der Waals surface area (Å²) < 4.78 is 0. The molecule has 14 heavy (non-hydrogen) atoms. The SMILES string of the molecule is CC(C)CC(C)NC1CCCC(O)C1. The van der Waals surface area contributed by atoms with Crippen molar-refractivity contribution in [3.63, 3.8) is 0 Å². The minimum absolute atomic E-state index is 0.0625. The van der Waals surface area contributed by atoms with Crippen molar-refractivity contribution >= 4 is 0 Å². The minimum Gasteiger partial charge on any atom is -0.393 e. The van der Waals surface area contributed by atoms with E-state index in [4.69, 9.17) is 0 Å². The zero-order valence-electron chi connectivity index (χ0n) is 9.79. The van der Waals surface area contributed by atoms with Gasteiger partial charge in [0.2, 0.25) is 0 Å². The number of aliphatic hydroxyl groups excluding tert-OH is 1. The maximum Gasteiger partial charge on any atom is 0.0555 e. The zero-order chi connectivity index (χ0) is 10.6. The van der Waals surface area contributed by atoms with E-state index in [9.17, 15) is 5.11 Å². The maximum absolute atomic E-state index is 9.53. The van der Waals surface area contributed by atoms with E-state index in [0.717, 1.165) is 18.8 Å². The Morgan fingerprint density at radius 3 is 2.57 bits per heavy atom. The van der Waals surface area contributed by atoms with Crippen LogP contribution in [0, 0.1) is 5.92 Å². The molecule has 1 aliphatic carbocycles. The third-order valence-corrected chi connectivity index (χ3v) is 2.99. The molecule has 3 atom stereocenters. The van der Waals surface area contributed by atoms with E-state index in [1.807, 2.05) is 0 Å². The van der Waals surface area contributed by atoms with Crippen LogP contribution in [0.25, 0.3) is 0 Å². The van der Waals surface area contributed by atoms with Crippen LogP contribution < -0.4 is 5.32 Å². The molecular formula is C12H25NO. The van der Waals surface area contributed by atoms with Crippen molar-refractivity contribution in [2.45, 2.75) is 71.1 Å². The van der Waals surface area contributed by atoms with Crippen molar-refractivity contribution in [3.05, 3.63) is 0 Å². The first-order valence-corrected chi connectivity index (χ1v) is 6.02. The second-order valence-electron chi connectivity index (χ2n) is 5.21. The van der Waals surface area contributed by atoms with E-state index in [1.54, 1.807) is 0 Å². The summed E-state index contributed by atoms with van der Waals surface area (Å²) >= 11 is 0. The second-order valence-corrected chi connectivity index (χ2v) is 5.21. The molecule has 3 unspecified atom stereocenters. The summed E-state index contributed by atoms with van der Waals surface area (Å²) in [6.07, 6.45) is 5.52. The molecule has 0 aromatic carbocycles. The Morgan fingerprint density at radius 2 is 2.00 bits per heavy atom. The van der Waals surface area contributed by atoms with Gasteiger partial charge in [-0.25, -0.2) is 0 Å². The lowest BCUT2D eigenvalue weighted by Crippen LogP contribution is -2.41. The van der Waals surface area contributed by atoms with Crippen molar-refractivity contribution in [2.24, 2.45) is 5.92 Å². The van der Waals surface area contributed by atoms with Gasteiger partial charge in [0.25, 0.3) is 0 Å². The van der Waals surface area contributed by atoms with Crippen LogP contribution in [0.4, 0.5) is 0 Å². The molecular weight excluding hydrogens is 174 g/mol. The Balaban J connectivity index is 2.21. The molecule has 0 bridgehead atoms. The summed E-state index contributed by atoms with van der Waals surface area (Å²) in [6.45, 7) is 6.77. The van der Waals surface area contributed by atoms with Crippen LogP contribution in [0.1, 0.15) is 52.9 Å². The molecule has 2 N–H and O–H groups in total. The summed E-state index contributed by atoms with van der Waals surface area (Å²) in [5.74, 6) is 0.756. The molecule has 0 spiro atoms. The highest BCUT2D eigenvalue weighted by Gasteiger charge is 2.21. The smallest absolute Gasteiger partial charge is 0.0555 e. The average molecular weight is 199 g/mol. The molecule has 84 valence electrons. The Labute approximate surface area is 88.1 Å². The van der Waals surface area contributed by atoms with E-state index in [0.29, 0.717) is 12.1 Å². The van der Waals surface area contributed by atoms with Gasteiger partial charge in [0.05, 0.1) is 6.10 Å². The first-order valence-electron chi connectivity index (χ1n) is 6.02. The lowest BCUT2D eigenvalue weighted by atomic mass is 9.92. The monoisotopic (exact) mass is 199 g/mol. The predicted octanol–water partition coefficient (Wildman–Crippen LogP) is 2.31. The normalized spacial score (nSPS) is 30.6. The molecule has 0 aromatic rings. The van der Waals surface area contributed by atoms with Crippen molar-refractivity contribution < 1.29 is 5.11 Å². The molecule has 0 radical (unpaired) electrons. The molecule has 0 aliphatic heterocycles. The summed E-state index contributed by atoms with van der Waals surface area (Å²) in [5, 5.41) is 13.2. The van der Waals surface area contributed by atoms with Gasteiger partial charge in [0.1, 0.15) is 0 Å². The number of hydrogen-bond donors (Lipinski definition) is 2. The van der Waals surface area contributed by atoms with E-state index in [-0.39, 0.29) is 6.10 Å². The van der Waals surface area contributed by atoms with Crippen molar-refractivity contribution in [1.29, 1.82) is 0 Å². The number of nitrogens with one attached hydrogen (secondary N) is 1. The van der Waals surface area contributed by atoms with Gasteiger partial charge in [-0.05, 0) is 44.9 Å². The summed E-state index contributed by atoms with van der Waals surface area (Å²) in [5.41, 5.74) is 0. The largest absolute Gasteiger partial charge is 0.393 e. The maximum atomic E-state index is 9.53. The molecule has 0 amide bonds. The van der Waals surface area contributed by atoms with Gasteiger partial charge >= 0.3 is 0 Å². The van der Waals surface area contributed by atoms with Gasteiger partial charge in [-0.2, -0.15) is 0 Å². The van der Waals surface area contributed by atoms with Crippen molar-refractivity contribution in [1.82, 2.24) is 5.32 Å². The molecule has 2 heteroatoms. The highest BCUT2D eigenvalue weighted by Crippen LogP contribution is 2.19. The fourth-order valence-electron chi connectivity index (χ4n) is 2.49. The van der Waals surface area contributed by atoms with E-state index >= 15 is 0 Å². The molecule has 0 saturated heterocycles. The molecule has 2 nitrogen and oxygen atoms in total. The molecule has 1 aliphatic rings.